The van der Waals surface area contributed by atoms with Gasteiger partial charge in [-0.05, 0) is 28.1 Å². The van der Waals surface area contributed by atoms with Crippen LogP contribution in [-0.2, 0) is 6.61 Å². The number of hydrogen-bond acceptors (Lipinski definition) is 4. The summed E-state index contributed by atoms with van der Waals surface area (Å²) in [6.07, 6.45) is 1.60. The van der Waals surface area contributed by atoms with Crippen LogP contribution < -0.4 is 9.47 Å². The second kappa shape index (κ2) is 4.05. The largest absolute Gasteiger partial charge is 0.454 e. The van der Waals surface area contributed by atoms with Crippen LogP contribution >= 0.6 is 15.9 Å². The molecular weight excluding hydrogens is 288 g/mol. The number of aliphatic hydroxyl groups excluding tert-OH is 1. The Morgan fingerprint density at radius 2 is 2.29 bits per heavy atom. The Morgan fingerprint density at radius 1 is 1.41 bits per heavy atom. The van der Waals surface area contributed by atoms with Gasteiger partial charge < -0.3 is 19.6 Å². The average Bonchev–Trinajstić information content (AvgIpc) is 2.97. The van der Waals surface area contributed by atoms with Crippen LogP contribution in [0.3, 0.4) is 0 Å². The van der Waals surface area contributed by atoms with Crippen LogP contribution in [0.2, 0.25) is 0 Å². The minimum absolute atomic E-state index is 0.0568. The molecule has 5 nitrogen and oxygen atoms in total. The van der Waals surface area contributed by atoms with Gasteiger partial charge in [0.2, 0.25) is 6.79 Å². The first-order chi connectivity index (χ1) is 8.28. The number of aromatic amines is 1. The summed E-state index contributed by atoms with van der Waals surface area (Å²) in [5, 5.41) is 8.98. The Labute approximate surface area is 106 Å². The topological polar surface area (TPSA) is 67.4 Å². The zero-order valence-corrected chi connectivity index (χ0v) is 10.3. The number of nitrogens with zero attached hydrogens (tertiary/aromatic N) is 1. The molecule has 0 fully saturated rings. The molecule has 0 spiro atoms. The molecule has 17 heavy (non-hydrogen) atoms. The first kappa shape index (κ1) is 10.6. The van der Waals surface area contributed by atoms with Gasteiger partial charge in [-0.25, -0.2) is 4.98 Å². The Morgan fingerprint density at radius 3 is 3.06 bits per heavy atom. The van der Waals surface area contributed by atoms with Crippen LogP contribution in [0.5, 0.6) is 11.5 Å². The van der Waals surface area contributed by atoms with Gasteiger partial charge in [-0.3, -0.25) is 0 Å². The van der Waals surface area contributed by atoms with Crippen molar-refractivity contribution in [3.63, 3.8) is 0 Å². The lowest BCUT2D eigenvalue weighted by Gasteiger charge is -2.02. The molecule has 0 radical (unpaired) electrons. The van der Waals surface area contributed by atoms with E-state index in [0.29, 0.717) is 23.0 Å². The highest BCUT2D eigenvalue weighted by Gasteiger charge is 2.19. The second-order valence-electron chi connectivity index (χ2n) is 3.61. The average molecular weight is 297 g/mol. The van der Waals surface area contributed by atoms with Crippen LogP contribution in [0, 0.1) is 0 Å². The van der Waals surface area contributed by atoms with E-state index in [1.165, 1.54) is 0 Å². The molecule has 2 heterocycles. The third-order valence-corrected chi connectivity index (χ3v) is 3.09. The first-order valence-corrected chi connectivity index (χ1v) is 5.81. The number of rotatable bonds is 2. The van der Waals surface area contributed by atoms with Crippen molar-refractivity contribution in [2.45, 2.75) is 6.61 Å². The zero-order valence-electron chi connectivity index (χ0n) is 8.74. The van der Waals surface area contributed by atoms with Crippen molar-refractivity contribution in [3.8, 4) is 22.9 Å². The summed E-state index contributed by atoms with van der Waals surface area (Å²) in [6, 6.07) is 3.75. The maximum absolute atomic E-state index is 8.98. The number of benzene rings is 1. The maximum Gasteiger partial charge on any atom is 0.231 e. The molecule has 0 saturated heterocycles. The Bertz CT molecular complexity index is 568. The first-order valence-electron chi connectivity index (χ1n) is 5.02. The standard InChI is InChI=1S/C11H9BrN2O3/c12-8-1-6(2-9-10(8)17-5-16-9)11-13-3-7(4-15)14-11/h1-3,15H,4-5H2,(H,13,14). The molecule has 88 valence electrons. The third-order valence-electron chi connectivity index (χ3n) is 2.50. The van der Waals surface area contributed by atoms with Gasteiger partial charge in [0.15, 0.2) is 11.5 Å². The summed E-state index contributed by atoms with van der Waals surface area (Å²) in [7, 11) is 0. The molecule has 0 amide bonds. The minimum atomic E-state index is -0.0568. The zero-order chi connectivity index (χ0) is 11.8. The molecule has 2 N–H and O–H groups in total. The number of aliphatic hydroxyl groups is 1. The number of fused-ring (bicyclic) bond motifs is 1. The highest BCUT2D eigenvalue weighted by molar-refractivity contribution is 9.10. The number of nitrogens with one attached hydrogen (secondary N) is 1. The molecule has 0 unspecified atom stereocenters. The molecule has 6 heteroatoms. The molecule has 1 aliphatic rings. The number of halogens is 1. The van der Waals surface area contributed by atoms with Crippen molar-refractivity contribution in [1.29, 1.82) is 0 Å². The van der Waals surface area contributed by atoms with Gasteiger partial charge in [0, 0.05) is 5.56 Å². The molecular formula is C11H9BrN2O3. The van der Waals surface area contributed by atoms with Gasteiger partial charge in [-0.15, -0.1) is 0 Å². The highest BCUT2D eigenvalue weighted by atomic mass is 79.9. The molecule has 1 aromatic carbocycles. The van der Waals surface area contributed by atoms with Crippen LogP contribution in [-0.4, -0.2) is 21.9 Å². The lowest BCUT2D eigenvalue weighted by atomic mass is 10.2. The van der Waals surface area contributed by atoms with E-state index in [0.717, 1.165) is 10.0 Å². The van der Waals surface area contributed by atoms with Crippen molar-refractivity contribution in [2.24, 2.45) is 0 Å². The summed E-state index contributed by atoms with van der Waals surface area (Å²) in [5.74, 6) is 2.09. The van der Waals surface area contributed by atoms with Crippen molar-refractivity contribution < 1.29 is 14.6 Å². The Balaban J connectivity index is 2.06. The van der Waals surface area contributed by atoms with E-state index in [-0.39, 0.29) is 13.4 Å². The SMILES string of the molecule is OCc1cnc(-c2cc(Br)c3c(c2)OCO3)[nH]1. The summed E-state index contributed by atoms with van der Waals surface area (Å²) in [5.41, 5.74) is 1.55. The fourth-order valence-electron chi connectivity index (χ4n) is 1.69. The Kier molecular flexibility index (Phi) is 2.53. The predicted octanol–water partition coefficient (Wildman–Crippen LogP) is 2.06. The number of ether oxygens (including phenoxy) is 2. The van der Waals surface area contributed by atoms with E-state index in [1.54, 1.807) is 6.20 Å². The third kappa shape index (κ3) is 1.79. The van der Waals surface area contributed by atoms with Crippen molar-refractivity contribution in [2.75, 3.05) is 6.79 Å². The summed E-state index contributed by atoms with van der Waals surface area (Å²) in [6.45, 7) is 0.177. The molecule has 0 aliphatic carbocycles. The fourth-order valence-corrected chi connectivity index (χ4v) is 2.25. The molecule has 0 atom stereocenters. The van der Waals surface area contributed by atoms with E-state index in [1.807, 2.05) is 12.1 Å². The smallest absolute Gasteiger partial charge is 0.231 e. The molecule has 1 aromatic heterocycles. The van der Waals surface area contributed by atoms with E-state index in [2.05, 4.69) is 25.9 Å². The lowest BCUT2D eigenvalue weighted by Crippen LogP contribution is -1.93. The maximum atomic E-state index is 8.98. The van der Waals surface area contributed by atoms with Crippen molar-refractivity contribution in [3.05, 3.63) is 28.5 Å². The summed E-state index contributed by atoms with van der Waals surface area (Å²) < 4.78 is 11.5. The van der Waals surface area contributed by atoms with E-state index >= 15 is 0 Å². The van der Waals surface area contributed by atoms with Crippen LogP contribution in [0.4, 0.5) is 0 Å². The minimum Gasteiger partial charge on any atom is -0.454 e. The predicted molar refractivity (Wildman–Crippen MR) is 63.8 cm³/mol. The van der Waals surface area contributed by atoms with Gasteiger partial charge in [-0.1, -0.05) is 0 Å². The normalized spacial score (nSPS) is 13.1. The monoisotopic (exact) mass is 296 g/mol. The molecule has 1 aliphatic heterocycles. The van der Waals surface area contributed by atoms with Crippen molar-refractivity contribution >= 4 is 15.9 Å². The van der Waals surface area contributed by atoms with Gasteiger partial charge in [0.1, 0.15) is 5.82 Å². The van der Waals surface area contributed by atoms with Gasteiger partial charge in [0.25, 0.3) is 0 Å². The quantitative estimate of drug-likeness (QED) is 0.890. The van der Waals surface area contributed by atoms with Gasteiger partial charge >= 0.3 is 0 Å². The van der Waals surface area contributed by atoms with Gasteiger partial charge in [0.05, 0.1) is 23.0 Å². The molecule has 0 bridgehead atoms. The lowest BCUT2D eigenvalue weighted by molar-refractivity contribution is 0.173. The number of hydrogen-bond donors (Lipinski definition) is 2. The van der Waals surface area contributed by atoms with E-state index < -0.39 is 0 Å². The summed E-state index contributed by atoms with van der Waals surface area (Å²) >= 11 is 3.42. The number of H-pyrrole nitrogens is 1. The molecule has 3 rings (SSSR count). The molecule has 0 saturated carbocycles. The highest BCUT2D eigenvalue weighted by Crippen LogP contribution is 2.41. The van der Waals surface area contributed by atoms with Crippen molar-refractivity contribution in [1.82, 2.24) is 9.97 Å². The van der Waals surface area contributed by atoms with Crippen LogP contribution in [0.1, 0.15) is 5.69 Å². The Hall–Kier alpha value is -1.53. The van der Waals surface area contributed by atoms with Gasteiger partial charge in [-0.2, -0.15) is 0 Å². The second-order valence-corrected chi connectivity index (χ2v) is 4.46. The van der Waals surface area contributed by atoms with E-state index in [9.17, 15) is 0 Å². The summed E-state index contributed by atoms with van der Waals surface area (Å²) in [4.78, 5) is 7.21. The van der Waals surface area contributed by atoms with Crippen LogP contribution in [0.25, 0.3) is 11.4 Å². The van der Waals surface area contributed by atoms with Crippen LogP contribution in [0.15, 0.2) is 22.8 Å². The fraction of sp³-hybridized carbons (Fsp3) is 0.182. The number of aromatic nitrogens is 2. The number of imidazole rings is 1. The van der Waals surface area contributed by atoms with E-state index in [4.69, 9.17) is 14.6 Å². The molecule has 2 aromatic rings.